The Labute approximate surface area is 97.9 Å². The van der Waals surface area contributed by atoms with Crippen LogP contribution in [-0.4, -0.2) is 23.4 Å². The predicted octanol–water partition coefficient (Wildman–Crippen LogP) is 2.15. The fourth-order valence-corrected chi connectivity index (χ4v) is 2.19. The minimum Gasteiger partial charge on any atom is -0.396 e. The highest BCUT2D eigenvalue weighted by molar-refractivity contribution is 5.37. The van der Waals surface area contributed by atoms with Crippen molar-refractivity contribution in [1.82, 2.24) is 0 Å². The van der Waals surface area contributed by atoms with Gasteiger partial charge in [0.1, 0.15) is 0 Å². The second kappa shape index (κ2) is 6.02. The monoisotopic (exact) mass is 222 g/mol. The number of aryl methyl sites for hydroxylation is 3. The lowest BCUT2D eigenvalue weighted by Crippen LogP contribution is -2.12. The van der Waals surface area contributed by atoms with Gasteiger partial charge in [-0.3, -0.25) is 0 Å². The van der Waals surface area contributed by atoms with E-state index in [4.69, 9.17) is 10.2 Å². The summed E-state index contributed by atoms with van der Waals surface area (Å²) in [6.07, 6.45) is 1.78. The molecule has 16 heavy (non-hydrogen) atoms. The maximum Gasteiger partial charge on any atom is 0.0481 e. The van der Waals surface area contributed by atoms with Crippen molar-refractivity contribution < 1.29 is 10.2 Å². The average Bonchev–Trinajstić information content (AvgIpc) is 2.22. The number of aliphatic hydroxyl groups is 2. The Hall–Kier alpha value is -0.860. The summed E-state index contributed by atoms with van der Waals surface area (Å²) in [6.45, 7) is 6.50. The molecule has 2 nitrogen and oxygen atoms in total. The molecule has 0 radical (unpaired) electrons. The molecule has 0 aliphatic carbocycles. The molecule has 0 bridgehead atoms. The fraction of sp³-hybridized carbons (Fsp3) is 0.571. The van der Waals surface area contributed by atoms with E-state index in [1.54, 1.807) is 0 Å². The molecule has 1 aromatic carbocycles. The standard InChI is InChI=1S/C14H22O2/c1-10-6-11(2)14(12(3)7-10)5-4-13(8-15)9-16/h6-7,13,15-16H,4-5,8-9H2,1-3H3. The number of hydrogen-bond donors (Lipinski definition) is 2. The first-order valence-electron chi connectivity index (χ1n) is 5.87. The van der Waals surface area contributed by atoms with Crippen molar-refractivity contribution in [2.45, 2.75) is 33.6 Å². The summed E-state index contributed by atoms with van der Waals surface area (Å²) in [4.78, 5) is 0. The molecular formula is C14H22O2. The van der Waals surface area contributed by atoms with Crippen LogP contribution in [0.15, 0.2) is 12.1 Å². The van der Waals surface area contributed by atoms with Gasteiger partial charge in [-0.05, 0) is 50.3 Å². The van der Waals surface area contributed by atoms with E-state index in [0.717, 1.165) is 12.8 Å². The van der Waals surface area contributed by atoms with Crippen molar-refractivity contribution in [3.8, 4) is 0 Å². The van der Waals surface area contributed by atoms with Crippen LogP contribution in [0.5, 0.6) is 0 Å². The Morgan fingerprint density at radius 2 is 1.50 bits per heavy atom. The molecule has 1 aromatic rings. The van der Waals surface area contributed by atoms with Crippen molar-refractivity contribution in [1.29, 1.82) is 0 Å². The SMILES string of the molecule is Cc1cc(C)c(CCC(CO)CO)c(C)c1. The number of hydrogen-bond acceptors (Lipinski definition) is 2. The minimum absolute atomic E-state index is 0.0140. The molecular weight excluding hydrogens is 200 g/mol. The Bertz CT molecular complexity index is 318. The minimum atomic E-state index is 0.0140. The quantitative estimate of drug-likeness (QED) is 0.801. The molecule has 2 N–H and O–H groups in total. The van der Waals surface area contributed by atoms with Crippen molar-refractivity contribution in [3.63, 3.8) is 0 Å². The van der Waals surface area contributed by atoms with E-state index < -0.39 is 0 Å². The van der Waals surface area contributed by atoms with Gasteiger partial charge in [0.05, 0.1) is 0 Å². The molecule has 0 spiro atoms. The van der Waals surface area contributed by atoms with Crippen LogP contribution in [0.1, 0.15) is 28.7 Å². The summed E-state index contributed by atoms with van der Waals surface area (Å²) in [5, 5.41) is 18.1. The molecule has 0 saturated carbocycles. The molecule has 1 rings (SSSR count). The van der Waals surface area contributed by atoms with Crippen molar-refractivity contribution in [2.24, 2.45) is 5.92 Å². The van der Waals surface area contributed by atoms with Crippen LogP contribution in [0.25, 0.3) is 0 Å². The highest BCUT2D eigenvalue weighted by atomic mass is 16.3. The van der Waals surface area contributed by atoms with Crippen molar-refractivity contribution in [3.05, 3.63) is 34.4 Å². The smallest absolute Gasteiger partial charge is 0.0481 e. The molecule has 0 fully saturated rings. The van der Waals surface area contributed by atoms with E-state index in [2.05, 4.69) is 32.9 Å². The zero-order valence-electron chi connectivity index (χ0n) is 10.5. The number of aliphatic hydroxyl groups excluding tert-OH is 2. The molecule has 0 aliphatic rings. The van der Waals surface area contributed by atoms with Gasteiger partial charge in [-0.2, -0.15) is 0 Å². The van der Waals surface area contributed by atoms with Gasteiger partial charge in [0, 0.05) is 19.1 Å². The van der Waals surface area contributed by atoms with Gasteiger partial charge in [0.2, 0.25) is 0 Å². The summed E-state index contributed by atoms with van der Waals surface area (Å²) in [5.74, 6) is 0.0140. The first kappa shape index (κ1) is 13.2. The van der Waals surface area contributed by atoms with E-state index in [1.165, 1.54) is 22.3 Å². The van der Waals surface area contributed by atoms with Crippen LogP contribution in [0.4, 0.5) is 0 Å². The van der Waals surface area contributed by atoms with Crippen LogP contribution < -0.4 is 0 Å². The largest absolute Gasteiger partial charge is 0.396 e. The van der Waals surface area contributed by atoms with Crippen LogP contribution >= 0.6 is 0 Å². The zero-order chi connectivity index (χ0) is 12.1. The number of benzene rings is 1. The van der Waals surface area contributed by atoms with E-state index >= 15 is 0 Å². The summed E-state index contributed by atoms with van der Waals surface area (Å²) in [7, 11) is 0. The molecule has 0 aromatic heterocycles. The van der Waals surface area contributed by atoms with E-state index in [0.29, 0.717) is 0 Å². The fourth-order valence-electron chi connectivity index (χ4n) is 2.19. The van der Waals surface area contributed by atoms with Gasteiger partial charge in [-0.25, -0.2) is 0 Å². The third kappa shape index (κ3) is 3.32. The summed E-state index contributed by atoms with van der Waals surface area (Å²) in [6, 6.07) is 4.38. The average molecular weight is 222 g/mol. The van der Waals surface area contributed by atoms with E-state index in [1.807, 2.05) is 0 Å². The molecule has 0 unspecified atom stereocenters. The van der Waals surface area contributed by atoms with Crippen molar-refractivity contribution >= 4 is 0 Å². The van der Waals surface area contributed by atoms with Gasteiger partial charge in [0.15, 0.2) is 0 Å². The van der Waals surface area contributed by atoms with Crippen LogP contribution in [0, 0.1) is 26.7 Å². The summed E-state index contributed by atoms with van der Waals surface area (Å²) in [5.41, 5.74) is 5.27. The highest BCUT2D eigenvalue weighted by Gasteiger charge is 2.09. The van der Waals surface area contributed by atoms with Gasteiger partial charge in [0.25, 0.3) is 0 Å². The number of rotatable bonds is 5. The lowest BCUT2D eigenvalue weighted by Gasteiger charge is -2.14. The Morgan fingerprint density at radius 1 is 1.00 bits per heavy atom. The normalized spacial score (nSPS) is 11.1. The van der Waals surface area contributed by atoms with Crippen molar-refractivity contribution in [2.75, 3.05) is 13.2 Å². The van der Waals surface area contributed by atoms with E-state index in [9.17, 15) is 0 Å². The first-order valence-corrected chi connectivity index (χ1v) is 5.87. The second-order valence-corrected chi connectivity index (χ2v) is 4.65. The Kier molecular flexibility index (Phi) is 4.97. The summed E-state index contributed by atoms with van der Waals surface area (Å²) < 4.78 is 0. The van der Waals surface area contributed by atoms with Crippen LogP contribution in [0.2, 0.25) is 0 Å². The third-order valence-corrected chi connectivity index (χ3v) is 3.16. The lowest BCUT2D eigenvalue weighted by atomic mass is 9.93. The topological polar surface area (TPSA) is 40.5 Å². The molecule has 2 heteroatoms. The molecule has 0 aliphatic heterocycles. The third-order valence-electron chi connectivity index (χ3n) is 3.16. The second-order valence-electron chi connectivity index (χ2n) is 4.65. The van der Waals surface area contributed by atoms with Crippen LogP contribution in [-0.2, 0) is 6.42 Å². The van der Waals surface area contributed by atoms with Gasteiger partial charge >= 0.3 is 0 Å². The maximum atomic E-state index is 9.03. The highest BCUT2D eigenvalue weighted by Crippen LogP contribution is 2.19. The predicted molar refractivity (Wildman–Crippen MR) is 66.6 cm³/mol. The zero-order valence-corrected chi connectivity index (χ0v) is 10.5. The molecule has 0 heterocycles. The first-order chi connectivity index (χ1) is 7.58. The molecule has 0 atom stereocenters. The Morgan fingerprint density at radius 3 is 1.94 bits per heavy atom. The molecule has 0 amide bonds. The Balaban J connectivity index is 2.74. The summed E-state index contributed by atoms with van der Waals surface area (Å²) >= 11 is 0. The molecule has 90 valence electrons. The van der Waals surface area contributed by atoms with Crippen LogP contribution in [0.3, 0.4) is 0 Å². The lowest BCUT2D eigenvalue weighted by molar-refractivity contribution is 0.144. The molecule has 0 saturated heterocycles. The maximum absolute atomic E-state index is 9.03. The van der Waals surface area contributed by atoms with Gasteiger partial charge < -0.3 is 10.2 Å². The van der Waals surface area contributed by atoms with Gasteiger partial charge in [-0.1, -0.05) is 17.7 Å². The van der Waals surface area contributed by atoms with Gasteiger partial charge in [-0.15, -0.1) is 0 Å². The van der Waals surface area contributed by atoms with E-state index in [-0.39, 0.29) is 19.1 Å².